The summed E-state index contributed by atoms with van der Waals surface area (Å²) in [5.41, 5.74) is 3.60. The number of hydrogen-bond donors (Lipinski definition) is 2. The van der Waals surface area contributed by atoms with Crippen LogP contribution in [0.5, 0.6) is 0 Å². The van der Waals surface area contributed by atoms with E-state index >= 15 is 0 Å². The molecule has 0 bridgehead atoms. The van der Waals surface area contributed by atoms with E-state index in [2.05, 4.69) is 9.68 Å². The fourth-order valence-corrected chi connectivity index (χ4v) is 0.278. The molecule has 0 aliphatic rings. The summed E-state index contributed by atoms with van der Waals surface area (Å²) in [4.78, 5) is 29.1. The second-order valence-corrected chi connectivity index (χ2v) is 1.27. The van der Waals surface area contributed by atoms with Crippen LogP contribution in [0.3, 0.4) is 0 Å². The molecular formula is C4H8N2O4. The molecule has 10 heavy (non-hydrogen) atoms. The van der Waals surface area contributed by atoms with Crippen LogP contribution in [0.25, 0.3) is 0 Å². The highest BCUT2D eigenvalue weighted by Crippen LogP contribution is 1.66. The second kappa shape index (κ2) is 4.71. The van der Waals surface area contributed by atoms with Crippen LogP contribution in [0.1, 0.15) is 0 Å². The van der Waals surface area contributed by atoms with E-state index in [0.717, 1.165) is 0 Å². The number of amides is 2. The van der Waals surface area contributed by atoms with Crippen molar-refractivity contribution in [3.8, 4) is 0 Å². The molecule has 0 aromatic rings. The van der Waals surface area contributed by atoms with E-state index in [1.54, 1.807) is 11.0 Å². The normalized spacial score (nSPS) is 8.60. The highest BCUT2D eigenvalue weighted by atomic mass is 16.7. The molecule has 0 aliphatic heterocycles. The van der Waals surface area contributed by atoms with Crippen molar-refractivity contribution in [3.63, 3.8) is 0 Å². The van der Waals surface area contributed by atoms with Crippen molar-refractivity contribution in [2.75, 3.05) is 14.2 Å². The van der Waals surface area contributed by atoms with E-state index in [-0.39, 0.29) is 0 Å². The third-order valence-corrected chi connectivity index (χ3v) is 0.596. The molecule has 0 unspecified atom stereocenters. The van der Waals surface area contributed by atoms with Gasteiger partial charge in [0.05, 0.1) is 14.2 Å². The van der Waals surface area contributed by atoms with Crippen molar-refractivity contribution in [2.24, 2.45) is 0 Å². The van der Waals surface area contributed by atoms with Gasteiger partial charge in [-0.25, -0.2) is 11.0 Å². The highest BCUT2D eigenvalue weighted by Gasteiger charge is 2.11. The minimum Gasteiger partial charge on any atom is -0.277 e. The van der Waals surface area contributed by atoms with Crippen molar-refractivity contribution in [1.29, 1.82) is 0 Å². The Bertz CT molecular complexity index is 119. The standard InChI is InChI=1S/C4H8N2O4/c1-9-5-3(7)4(8)6-10-2/h1-2H3,(H,5,7)(H,6,8). The van der Waals surface area contributed by atoms with Crippen LogP contribution in [-0.2, 0) is 19.3 Å². The summed E-state index contributed by atoms with van der Waals surface area (Å²) in [6.45, 7) is 0. The topological polar surface area (TPSA) is 76.7 Å². The van der Waals surface area contributed by atoms with Gasteiger partial charge in [-0.05, 0) is 0 Å². The van der Waals surface area contributed by atoms with E-state index in [0.29, 0.717) is 0 Å². The third-order valence-electron chi connectivity index (χ3n) is 0.596. The molecule has 2 amide bonds. The highest BCUT2D eigenvalue weighted by molar-refractivity contribution is 6.34. The predicted octanol–water partition coefficient (Wildman–Crippen LogP) is -1.66. The van der Waals surface area contributed by atoms with E-state index in [9.17, 15) is 9.59 Å². The van der Waals surface area contributed by atoms with Gasteiger partial charge >= 0.3 is 11.8 Å². The van der Waals surface area contributed by atoms with Crippen molar-refractivity contribution >= 4 is 11.8 Å². The molecule has 2 N–H and O–H groups in total. The van der Waals surface area contributed by atoms with Gasteiger partial charge in [0.25, 0.3) is 0 Å². The van der Waals surface area contributed by atoms with Gasteiger partial charge in [-0.1, -0.05) is 0 Å². The van der Waals surface area contributed by atoms with Crippen LogP contribution in [0, 0.1) is 0 Å². The Morgan fingerprint density at radius 3 is 1.50 bits per heavy atom. The van der Waals surface area contributed by atoms with Crippen LogP contribution >= 0.6 is 0 Å². The minimum absolute atomic E-state index is 0.913. The predicted molar refractivity (Wildman–Crippen MR) is 30.3 cm³/mol. The maximum absolute atomic E-state index is 10.4. The Labute approximate surface area is 57.4 Å². The second-order valence-electron chi connectivity index (χ2n) is 1.27. The number of carbonyl (C=O) groups is 2. The van der Waals surface area contributed by atoms with Crippen molar-refractivity contribution < 1.29 is 19.3 Å². The van der Waals surface area contributed by atoms with E-state index in [1.165, 1.54) is 14.2 Å². The van der Waals surface area contributed by atoms with Crippen LogP contribution < -0.4 is 11.0 Å². The lowest BCUT2D eigenvalue weighted by atomic mass is 10.6. The van der Waals surface area contributed by atoms with Gasteiger partial charge in [0, 0.05) is 0 Å². The zero-order valence-corrected chi connectivity index (χ0v) is 5.63. The van der Waals surface area contributed by atoms with Gasteiger partial charge in [-0.2, -0.15) is 0 Å². The lowest BCUT2D eigenvalue weighted by Crippen LogP contribution is -2.38. The largest absolute Gasteiger partial charge is 0.335 e. The molecule has 0 heterocycles. The van der Waals surface area contributed by atoms with Gasteiger partial charge in [-0.15, -0.1) is 0 Å². The van der Waals surface area contributed by atoms with Crippen LogP contribution in [0.4, 0.5) is 0 Å². The molecule has 0 saturated heterocycles. The van der Waals surface area contributed by atoms with Crippen LogP contribution in [0.2, 0.25) is 0 Å². The molecule has 6 nitrogen and oxygen atoms in total. The molecule has 0 aromatic carbocycles. The number of carbonyl (C=O) groups excluding carboxylic acids is 2. The molecular weight excluding hydrogens is 140 g/mol. The fraction of sp³-hybridized carbons (Fsp3) is 0.500. The zero-order chi connectivity index (χ0) is 7.98. The van der Waals surface area contributed by atoms with Crippen molar-refractivity contribution in [3.05, 3.63) is 0 Å². The van der Waals surface area contributed by atoms with Gasteiger partial charge in [0.15, 0.2) is 0 Å². The van der Waals surface area contributed by atoms with Gasteiger partial charge in [0.2, 0.25) is 0 Å². The molecule has 58 valence electrons. The smallest absolute Gasteiger partial charge is 0.277 e. The Hall–Kier alpha value is -1.14. The first-order valence-electron chi connectivity index (χ1n) is 2.38. The quantitative estimate of drug-likeness (QED) is 0.363. The zero-order valence-electron chi connectivity index (χ0n) is 5.63. The average Bonchev–Trinajstić information content (AvgIpc) is 1.89. The maximum Gasteiger partial charge on any atom is 0.335 e. The van der Waals surface area contributed by atoms with Crippen molar-refractivity contribution in [2.45, 2.75) is 0 Å². The summed E-state index contributed by atoms with van der Waals surface area (Å²) < 4.78 is 0. The molecule has 0 spiro atoms. The molecule has 0 fully saturated rings. The monoisotopic (exact) mass is 148 g/mol. The first kappa shape index (κ1) is 8.86. The number of rotatable bonds is 2. The van der Waals surface area contributed by atoms with Crippen LogP contribution in [-0.4, -0.2) is 26.0 Å². The summed E-state index contributed by atoms with van der Waals surface area (Å²) in [7, 11) is 2.44. The molecule has 0 saturated carbocycles. The summed E-state index contributed by atoms with van der Waals surface area (Å²) in [6.07, 6.45) is 0. The summed E-state index contributed by atoms with van der Waals surface area (Å²) >= 11 is 0. The summed E-state index contributed by atoms with van der Waals surface area (Å²) in [5, 5.41) is 0. The number of nitrogens with one attached hydrogen (secondary N) is 2. The molecule has 0 aromatic heterocycles. The Morgan fingerprint density at radius 1 is 1.00 bits per heavy atom. The number of hydroxylamine groups is 2. The lowest BCUT2D eigenvalue weighted by Gasteiger charge is -2.00. The third kappa shape index (κ3) is 3.00. The Kier molecular flexibility index (Phi) is 4.17. The molecule has 6 heteroatoms. The number of hydrogen-bond acceptors (Lipinski definition) is 4. The van der Waals surface area contributed by atoms with Gasteiger partial charge < -0.3 is 0 Å². The van der Waals surface area contributed by atoms with E-state index < -0.39 is 11.8 Å². The summed E-state index contributed by atoms with van der Waals surface area (Å²) in [5.74, 6) is -1.83. The van der Waals surface area contributed by atoms with Crippen molar-refractivity contribution in [1.82, 2.24) is 11.0 Å². The average molecular weight is 148 g/mol. The molecule has 0 rings (SSSR count). The first-order valence-corrected chi connectivity index (χ1v) is 2.38. The SMILES string of the molecule is CONC(=O)C(=O)NOC. The molecule has 0 radical (unpaired) electrons. The maximum atomic E-state index is 10.4. The van der Waals surface area contributed by atoms with Gasteiger partial charge in [0.1, 0.15) is 0 Å². The van der Waals surface area contributed by atoms with E-state index in [1.807, 2.05) is 0 Å². The fourth-order valence-electron chi connectivity index (χ4n) is 0.278. The molecule has 0 atom stereocenters. The Balaban J connectivity index is 3.60. The molecule has 0 aliphatic carbocycles. The summed E-state index contributed by atoms with van der Waals surface area (Å²) in [6, 6.07) is 0. The van der Waals surface area contributed by atoms with Crippen LogP contribution in [0.15, 0.2) is 0 Å². The Morgan fingerprint density at radius 2 is 1.30 bits per heavy atom. The lowest BCUT2D eigenvalue weighted by molar-refractivity contribution is -0.151. The van der Waals surface area contributed by atoms with E-state index in [4.69, 9.17) is 0 Å². The minimum atomic E-state index is -0.913. The van der Waals surface area contributed by atoms with Gasteiger partial charge in [-0.3, -0.25) is 19.3 Å². The first-order chi connectivity index (χ1) is 4.72.